The number of hydrogen-bond acceptors (Lipinski definition) is 4. The SMILES string of the molecule is c1ccc(-c2nc(-c3ccc(-c4ccccc4-c4ccccc4)cc3)cc(-c3ccc4c(c3)C3c5ccccc5C4c4cc(-c5cc(-c6ccc(-c7ccccc7-c7ccccc7)cc6)nc(-c6ccccc6)n5)ccc43)n2)cc1. The third kappa shape index (κ3) is 8.42. The Labute approximate surface area is 466 Å². The van der Waals surface area contributed by atoms with Crippen molar-refractivity contribution in [1.29, 1.82) is 0 Å². The monoisotopic (exact) mass is 1020 g/mol. The molecule has 3 aliphatic rings. The molecule has 0 saturated heterocycles. The van der Waals surface area contributed by atoms with Crippen LogP contribution in [0.15, 0.2) is 291 Å². The zero-order chi connectivity index (χ0) is 52.9. The van der Waals surface area contributed by atoms with E-state index >= 15 is 0 Å². The van der Waals surface area contributed by atoms with Crippen LogP contribution in [0.2, 0.25) is 0 Å². The van der Waals surface area contributed by atoms with Crippen LogP contribution in [0.25, 0.3) is 112 Å². The molecule has 4 nitrogen and oxygen atoms in total. The first-order valence-corrected chi connectivity index (χ1v) is 27.4. The Kier molecular flexibility index (Phi) is 11.6. The van der Waals surface area contributed by atoms with Gasteiger partial charge in [-0.1, -0.05) is 267 Å². The second-order valence-electron chi connectivity index (χ2n) is 20.8. The highest BCUT2D eigenvalue weighted by Crippen LogP contribution is 2.57. The van der Waals surface area contributed by atoms with E-state index in [-0.39, 0.29) is 11.8 Å². The second-order valence-corrected chi connectivity index (χ2v) is 20.8. The average molecular weight is 1020 g/mol. The van der Waals surface area contributed by atoms with Crippen LogP contribution in [0.3, 0.4) is 0 Å². The van der Waals surface area contributed by atoms with E-state index in [1.54, 1.807) is 0 Å². The maximum atomic E-state index is 5.32. The Morgan fingerprint density at radius 3 is 0.775 bits per heavy atom. The van der Waals surface area contributed by atoms with Gasteiger partial charge in [-0.25, -0.2) is 19.9 Å². The van der Waals surface area contributed by atoms with Crippen molar-refractivity contribution in [3.63, 3.8) is 0 Å². The van der Waals surface area contributed by atoms with Crippen LogP contribution in [0.1, 0.15) is 45.2 Å². The van der Waals surface area contributed by atoms with E-state index < -0.39 is 0 Å². The Bertz CT molecular complexity index is 4150. The molecule has 11 aromatic carbocycles. The average Bonchev–Trinajstić information content (AvgIpc) is 3.64. The summed E-state index contributed by atoms with van der Waals surface area (Å²) in [6.07, 6.45) is 0. The summed E-state index contributed by atoms with van der Waals surface area (Å²) in [7, 11) is 0. The van der Waals surface area contributed by atoms with Gasteiger partial charge in [-0.3, -0.25) is 0 Å². The molecule has 16 rings (SSSR count). The molecule has 0 spiro atoms. The summed E-state index contributed by atoms with van der Waals surface area (Å²) in [6, 6.07) is 104. The number of aromatic nitrogens is 4. The van der Waals surface area contributed by atoms with Crippen molar-refractivity contribution in [1.82, 2.24) is 19.9 Å². The Balaban J connectivity index is 0.798. The molecule has 2 bridgehead atoms. The minimum Gasteiger partial charge on any atom is -0.228 e. The van der Waals surface area contributed by atoms with Gasteiger partial charge in [0.05, 0.1) is 22.8 Å². The van der Waals surface area contributed by atoms with E-state index in [2.05, 4.69) is 279 Å². The molecule has 0 radical (unpaired) electrons. The topological polar surface area (TPSA) is 51.6 Å². The summed E-state index contributed by atoms with van der Waals surface area (Å²) < 4.78 is 0. The van der Waals surface area contributed by atoms with Gasteiger partial charge in [0.15, 0.2) is 11.6 Å². The van der Waals surface area contributed by atoms with E-state index in [0.29, 0.717) is 11.6 Å². The van der Waals surface area contributed by atoms with Gasteiger partial charge in [0.25, 0.3) is 0 Å². The summed E-state index contributed by atoms with van der Waals surface area (Å²) in [5, 5.41) is 0. The molecule has 80 heavy (non-hydrogen) atoms. The van der Waals surface area contributed by atoms with E-state index in [1.807, 2.05) is 12.1 Å². The quantitative estimate of drug-likeness (QED) is 0.137. The highest BCUT2D eigenvalue weighted by Gasteiger charge is 2.41. The maximum Gasteiger partial charge on any atom is 0.160 e. The fraction of sp³-hybridized carbons (Fsp3) is 0.0263. The largest absolute Gasteiger partial charge is 0.228 e. The smallest absolute Gasteiger partial charge is 0.160 e. The first kappa shape index (κ1) is 46.8. The molecule has 4 heteroatoms. The minimum absolute atomic E-state index is 0.0442. The summed E-state index contributed by atoms with van der Waals surface area (Å²) in [5.41, 5.74) is 27.2. The standard InChI is InChI=1S/C76H50N4/c1-5-19-49(20-6-1)59-27-13-15-29-61(59)51-33-37-53(38-34-51)69-47-71(79-75(77-69)55-23-9-3-10-24-55)57-41-43-65-67(45-57)73-63-31-17-18-32-64(63)74(65)68-46-58(42-44-66(68)73)72-48-70(78-76(80-72)56-25-11-4-12-26-56)54-39-35-52(36-40-54)62-30-16-14-28-60(62)50-21-7-2-8-22-50/h1-48,73-74H. The van der Waals surface area contributed by atoms with E-state index in [9.17, 15) is 0 Å². The van der Waals surface area contributed by atoms with Crippen LogP contribution in [-0.4, -0.2) is 19.9 Å². The van der Waals surface area contributed by atoms with E-state index in [1.165, 1.54) is 66.8 Å². The summed E-state index contributed by atoms with van der Waals surface area (Å²) >= 11 is 0. The first-order valence-electron chi connectivity index (χ1n) is 27.4. The molecule has 0 aliphatic heterocycles. The van der Waals surface area contributed by atoms with Crippen LogP contribution < -0.4 is 0 Å². The van der Waals surface area contributed by atoms with Gasteiger partial charge in [-0.2, -0.15) is 0 Å². The van der Waals surface area contributed by atoms with Crippen molar-refractivity contribution in [3.8, 4) is 112 Å². The van der Waals surface area contributed by atoms with Crippen LogP contribution in [-0.2, 0) is 0 Å². The lowest BCUT2D eigenvalue weighted by Gasteiger charge is -2.42. The lowest BCUT2D eigenvalue weighted by molar-refractivity contribution is 0.755. The lowest BCUT2D eigenvalue weighted by atomic mass is 9.60. The van der Waals surface area contributed by atoms with Crippen LogP contribution in [0.5, 0.6) is 0 Å². The van der Waals surface area contributed by atoms with Crippen molar-refractivity contribution in [3.05, 3.63) is 325 Å². The number of rotatable bonds is 10. The predicted molar refractivity (Wildman–Crippen MR) is 327 cm³/mol. The van der Waals surface area contributed by atoms with Crippen molar-refractivity contribution in [2.75, 3.05) is 0 Å². The molecule has 374 valence electrons. The summed E-state index contributed by atoms with van der Waals surface area (Å²) in [6.45, 7) is 0. The highest BCUT2D eigenvalue weighted by atomic mass is 14.9. The van der Waals surface area contributed by atoms with Crippen molar-refractivity contribution in [2.24, 2.45) is 0 Å². The zero-order valence-electron chi connectivity index (χ0n) is 43.7. The minimum atomic E-state index is 0.0442. The fourth-order valence-corrected chi connectivity index (χ4v) is 12.3. The number of hydrogen-bond donors (Lipinski definition) is 0. The lowest BCUT2D eigenvalue weighted by Crippen LogP contribution is -2.27. The van der Waals surface area contributed by atoms with Crippen molar-refractivity contribution < 1.29 is 0 Å². The molecule has 2 heterocycles. The zero-order valence-corrected chi connectivity index (χ0v) is 43.7. The number of nitrogens with zero attached hydrogens (tertiary/aromatic N) is 4. The Morgan fingerprint density at radius 2 is 0.425 bits per heavy atom. The highest BCUT2D eigenvalue weighted by molar-refractivity contribution is 5.87. The molecular formula is C76H50N4. The van der Waals surface area contributed by atoms with E-state index in [4.69, 9.17) is 19.9 Å². The Morgan fingerprint density at radius 1 is 0.175 bits per heavy atom. The molecule has 3 aliphatic carbocycles. The molecule has 13 aromatic rings. The van der Waals surface area contributed by atoms with Crippen LogP contribution in [0.4, 0.5) is 0 Å². The van der Waals surface area contributed by atoms with Gasteiger partial charge < -0.3 is 0 Å². The first-order chi connectivity index (χ1) is 39.6. The molecule has 2 aromatic heterocycles. The predicted octanol–water partition coefficient (Wildman–Crippen LogP) is 18.9. The third-order valence-electron chi connectivity index (χ3n) is 16.2. The normalized spacial score (nSPS) is 13.8. The summed E-state index contributed by atoms with van der Waals surface area (Å²) in [5.74, 6) is 1.48. The van der Waals surface area contributed by atoms with Crippen LogP contribution in [0, 0.1) is 0 Å². The van der Waals surface area contributed by atoms with Gasteiger partial charge in [-0.05, 0) is 102 Å². The van der Waals surface area contributed by atoms with Crippen molar-refractivity contribution in [2.45, 2.75) is 11.8 Å². The molecule has 0 saturated carbocycles. The fourth-order valence-electron chi connectivity index (χ4n) is 12.3. The molecule has 0 N–H and O–H groups in total. The molecular weight excluding hydrogens is 969 g/mol. The third-order valence-corrected chi connectivity index (χ3v) is 16.2. The van der Waals surface area contributed by atoms with Gasteiger partial charge in [0, 0.05) is 45.2 Å². The van der Waals surface area contributed by atoms with Gasteiger partial charge in [0.2, 0.25) is 0 Å². The maximum absolute atomic E-state index is 5.32. The number of benzene rings is 11. The summed E-state index contributed by atoms with van der Waals surface area (Å²) in [4.78, 5) is 21.1. The molecule has 0 fully saturated rings. The molecule has 2 unspecified atom stereocenters. The second kappa shape index (κ2) is 19.9. The van der Waals surface area contributed by atoms with Crippen molar-refractivity contribution >= 4 is 0 Å². The van der Waals surface area contributed by atoms with Gasteiger partial charge >= 0.3 is 0 Å². The van der Waals surface area contributed by atoms with E-state index in [0.717, 1.165) is 67.3 Å². The molecule has 2 atom stereocenters. The van der Waals surface area contributed by atoms with Gasteiger partial charge in [-0.15, -0.1) is 0 Å². The van der Waals surface area contributed by atoms with Crippen LogP contribution >= 0.6 is 0 Å². The van der Waals surface area contributed by atoms with Gasteiger partial charge in [0.1, 0.15) is 0 Å². The molecule has 0 amide bonds. The Hall–Kier alpha value is -10.4.